The highest BCUT2D eigenvalue weighted by Gasteiger charge is 2.46. The molecule has 5 heteroatoms. The second-order valence-corrected chi connectivity index (χ2v) is 7.05. The molecule has 0 heterocycles. The average Bonchev–Trinajstić information content (AvgIpc) is 3.01. The van der Waals surface area contributed by atoms with Gasteiger partial charge in [0.15, 0.2) is 0 Å². The lowest BCUT2D eigenvalue weighted by Crippen LogP contribution is -2.33. The first-order chi connectivity index (χ1) is 11.5. The van der Waals surface area contributed by atoms with Crippen molar-refractivity contribution < 1.29 is 15.0 Å². The van der Waals surface area contributed by atoms with Crippen LogP contribution in [0, 0.1) is 0 Å². The molecule has 0 aromatic heterocycles. The van der Waals surface area contributed by atoms with Gasteiger partial charge in [0.05, 0.1) is 11.5 Å². The smallest absolute Gasteiger partial charge is 0.314 e. The van der Waals surface area contributed by atoms with Crippen molar-refractivity contribution in [2.75, 3.05) is 0 Å². The van der Waals surface area contributed by atoms with Gasteiger partial charge in [-0.25, -0.2) is 0 Å². The summed E-state index contributed by atoms with van der Waals surface area (Å²) in [6.45, 7) is 0. The van der Waals surface area contributed by atoms with E-state index in [4.69, 9.17) is 0 Å². The number of aromatic hydroxyl groups is 1. The Bertz CT molecular complexity index is 775. The third-order valence-electron chi connectivity index (χ3n) is 4.64. The number of carboxylic acids is 1. The summed E-state index contributed by atoms with van der Waals surface area (Å²) in [5, 5.41) is 19.7. The van der Waals surface area contributed by atoms with Gasteiger partial charge >= 0.3 is 5.97 Å². The number of aliphatic carboxylic acids is 1. The van der Waals surface area contributed by atoms with Crippen LogP contribution in [0.5, 0.6) is 5.75 Å². The molecular weight excluding hydrogens is 370 g/mol. The highest BCUT2D eigenvalue weighted by atomic mass is 79.9. The monoisotopic (exact) mass is 387 g/mol. The van der Waals surface area contributed by atoms with E-state index in [0.29, 0.717) is 18.4 Å². The summed E-state index contributed by atoms with van der Waals surface area (Å²) in [5.41, 5.74) is 0.595. The van der Waals surface area contributed by atoms with Gasteiger partial charge in [0.2, 0.25) is 0 Å². The second kappa shape index (κ2) is 6.77. The van der Waals surface area contributed by atoms with Crippen molar-refractivity contribution >= 4 is 28.1 Å². The molecule has 2 aromatic carbocycles. The van der Waals surface area contributed by atoms with Gasteiger partial charge in [0, 0.05) is 16.3 Å². The van der Waals surface area contributed by atoms with E-state index in [0.717, 1.165) is 16.5 Å². The van der Waals surface area contributed by atoms with E-state index in [-0.39, 0.29) is 11.8 Å². The molecule has 1 saturated carbocycles. The molecule has 2 atom stereocenters. The minimum Gasteiger partial charge on any atom is -0.507 e. The molecule has 2 aromatic rings. The van der Waals surface area contributed by atoms with Crippen molar-refractivity contribution in [3.63, 3.8) is 0 Å². The normalized spacial score (nSPS) is 23.6. The van der Waals surface area contributed by atoms with Crippen LogP contribution in [0.3, 0.4) is 0 Å². The van der Waals surface area contributed by atoms with E-state index >= 15 is 0 Å². The molecule has 0 aliphatic heterocycles. The topological polar surface area (TPSA) is 69.9 Å². The lowest BCUT2D eigenvalue weighted by molar-refractivity contribution is -0.143. The highest BCUT2D eigenvalue weighted by Crippen LogP contribution is 2.42. The van der Waals surface area contributed by atoms with Crippen LogP contribution in [0.4, 0.5) is 0 Å². The van der Waals surface area contributed by atoms with Crippen LogP contribution in [0.2, 0.25) is 0 Å². The molecule has 2 unspecified atom stereocenters. The summed E-state index contributed by atoms with van der Waals surface area (Å²) in [6.07, 6.45) is 3.39. The molecule has 1 aliphatic carbocycles. The Morgan fingerprint density at radius 2 is 2.00 bits per heavy atom. The van der Waals surface area contributed by atoms with Gasteiger partial charge in [0.1, 0.15) is 5.75 Å². The van der Waals surface area contributed by atoms with Gasteiger partial charge < -0.3 is 10.2 Å². The van der Waals surface area contributed by atoms with Crippen molar-refractivity contribution in [3.8, 4) is 5.75 Å². The first-order valence-corrected chi connectivity index (χ1v) is 8.61. The van der Waals surface area contributed by atoms with Crippen LogP contribution in [0.1, 0.15) is 30.4 Å². The Kier molecular flexibility index (Phi) is 4.71. The Morgan fingerprint density at radius 1 is 1.25 bits per heavy atom. The van der Waals surface area contributed by atoms with Crippen LogP contribution < -0.4 is 0 Å². The van der Waals surface area contributed by atoms with Crippen LogP contribution in [0.15, 0.2) is 58.0 Å². The molecule has 1 aliphatic rings. The Morgan fingerprint density at radius 3 is 2.67 bits per heavy atom. The van der Waals surface area contributed by atoms with Crippen LogP contribution in [-0.2, 0) is 10.2 Å². The van der Waals surface area contributed by atoms with E-state index in [9.17, 15) is 15.0 Å². The molecule has 0 spiro atoms. The minimum absolute atomic E-state index is 0.0654. The third kappa shape index (κ3) is 3.22. The summed E-state index contributed by atoms with van der Waals surface area (Å²) in [7, 11) is 0. The largest absolute Gasteiger partial charge is 0.507 e. The van der Waals surface area contributed by atoms with Gasteiger partial charge in [-0.05, 0) is 43.0 Å². The van der Waals surface area contributed by atoms with E-state index in [2.05, 4.69) is 20.9 Å². The highest BCUT2D eigenvalue weighted by molar-refractivity contribution is 9.10. The van der Waals surface area contributed by atoms with Crippen molar-refractivity contribution in [2.45, 2.75) is 30.7 Å². The lowest BCUT2D eigenvalue weighted by atomic mass is 9.79. The number of nitrogens with zero attached hydrogens (tertiary/aromatic N) is 1. The summed E-state index contributed by atoms with van der Waals surface area (Å²) >= 11 is 3.30. The molecule has 2 N–H and O–H groups in total. The van der Waals surface area contributed by atoms with E-state index in [1.807, 2.05) is 36.4 Å². The molecule has 24 heavy (non-hydrogen) atoms. The second-order valence-electron chi connectivity index (χ2n) is 6.13. The van der Waals surface area contributed by atoms with E-state index in [1.54, 1.807) is 18.3 Å². The maximum Gasteiger partial charge on any atom is 0.314 e. The number of carbonyl (C=O) groups is 1. The molecule has 0 amide bonds. The van der Waals surface area contributed by atoms with Crippen LogP contribution in [-0.4, -0.2) is 28.4 Å². The molecule has 3 rings (SSSR count). The van der Waals surface area contributed by atoms with Crippen molar-refractivity contribution in [1.82, 2.24) is 0 Å². The summed E-state index contributed by atoms with van der Waals surface area (Å²) in [4.78, 5) is 16.5. The van der Waals surface area contributed by atoms with E-state index < -0.39 is 11.4 Å². The first-order valence-electron chi connectivity index (χ1n) is 7.82. The molecular formula is C19H18BrNO3. The first kappa shape index (κ1) is 16.7. The van der Waals surface area contributed by atoms with Crippen molar-refractivity contribution in [3.05, 3.63) is 64.1 Å². The molecule has 0 saturated heterocycles. The number of hydrogen-bond donors (Lipinski definition) is 2. The zero-order chi connectivity index (χ0) is 17.2. The average molecular weight is 388 g/mol. The Labute approximate surface area is 149 Å². The molecule has 124 valence electrons. The summed E-state index contributed by atoms with van der Waals surface area (Å²) in [6, 6.07) is 14.5. The van der Waals surface area contributed by atoms with Crippen LogP contribution in [0.25, 0.3) is 0 Å². The van der Waals surface area contributed by atoms with Gasteiger partial charge in [-0.3, -0.25) is 9.79 Å². The van der Waals surface area contributed by atoms with Crippen molar-refractivity contribution in [1.29, 1.82) is 0 Å². The van der Waals surface area contributed by atoms with Crippen molar-refractivity contribution in [2.24, 2.45) is 4.99 Å². The van der Waals surface area contributed by atoms with Gasteiger partial charge in [-0.1, -0.05) is 46.3 Å². The predicted octanol–water partition coefficient (Wildman–Crippen LogP) is 4.15. The number of halogens is 1. The summed E-state index contributed by atoms with van der Waals surface area (Å²) < 4.78 is 0.798. The van der Waals surface area contributed by atoms with Gasteiger partial charge in [-0.2, -0.15) is 0 Å². The Hall–Kier alpha value is -2.14. The van der Waals surface area contributed by atoms with Gasteiger partial charge in [0.25, 0.3) is 0 Å². The number of benzene rings is 2. The molecule has 0 radical (unpaired) electrons. The molecule has 1 fully saturated rings. The SMILES string of the molecule is O=C(O)C1(c2ccccc2)CCC(N=Cc2ccc(Br)cc2O)C1. The predicted molar refractivity (Wildman–Crippen MR) is 96.8 cm³/mol. The standard InChI is InChI=1S/C19H18BrNO3/c20-15-7-6-13(17(22)10-15)12-21-16-8-9-19(11-16,18(23)24)14-4-2-1-3-5-14/h1-7,10,12,16,22H,8-9,11H2,(H,23,24). The Balaban J connectivity index is 1.81. The van der Waals surface area contributed by atoms with Crippen LogP contribution >= 0.6 is 15.9 Å². The fourth-order valence-electron chi connectivity index (χ4n) is 3.30. The molecule has 0 bridgehead atoms. The van der Waals surface area contributed by atoms with E-state index in [1.165, 1.54) is 0 Å². The third-order valence-corrected chi connectivity index (χ3v) is 5.13. The fourth-order valence-corrected chi connectivity index (χ4v) is 3.64. The number of hydrogen-bond acceptors (Lipinski definition) is 3. The number of rotatable bonds is 4. The number of phenols is 1. The number of aliphatic imine (C=N–C) groups is 1. The minimum atomic E-state index is -0.870. The number of carboxylic acid groups (broad SMARTS) is 1. The fraction of sp³-hybridized carbons (Fsp3) is 0.263. The zero-order valence-corrected chi connectivity index (χ0v) is 14.6. The lowest BCUT2D eigenvalue weighted by Gasteiger charge is -2.24. The van der Waals surface area contributed by atoms with Gasteiger partial charge in [-0.15, -0.1) is 0 Å². The maximum atomic E-state index is 11.9. The maximum absolute atomic E-state index is 11.9. The molecule has 4 nitrogen and oxygen atoms in total. The zero-order valence-electron chi connectivity index (χ0n) is 13.0. The summed E-state index contributed by atoms with van der Waals surface area (Å²) in [5.74, 6) is -0.642. The quantitative estimate of drug-likeness (QED) is 0.774. The number of phenolic OH excluding ortho intramolecular Hbond substituents is 1.